The van der Waals surface area contributed by atoms with Crippen LogP contribution in [-0.4, -0.2) is 23.7 Å². The van der Waals surface area contributed by atoms with Crippen molar-refractivity contribution < 1.29 is 14.3 Å². The normalized spacial score (nSPS) is 33.1. The van der Waals surface area contributed by atoms with E-state index in [0.717, 1.165) is 32.1 Å². The number of thioether (sulfide) groups is 1. The minimum atomic E-state index is -0.171. The minimum Gasteiger partial charge on any atom is -0.493 e. The van der Waals surface area contributed by atoms with Gasteiger partial charge >= 0.3 is 0 Å². The first-order valence-electron chi connectivity index (χ1n) is 11.6. The van der Waals surface area contributed by atoms with Crippen molar-refractivity contribution in [3.8, 4) is 0 Å². The van der Waals surface area contributed by atoms with Crippen molar-refractivity contribution in [1.82, 2.24) is 4.98 Å². The number of hydrogen-bond acceptors (Lipinski definition) is 5. The van der Waals surface area contributed by atoms with Gasteiger partial charge in [0.2, 0.25) is 5.78 Å². The second-order valence-corrected chi connectivity index (χ2v) is 11.1. The maximum absolute atomic E-state index is 13.5. The predicted octanol–water partition coefficient (Wildman–Crippen LogP) is 6.30. The zero-order chi connectivity index (χ0) is 23.1. The molecule has 0 N–H and O–H groups in total. The average molecular weight is 452 g/mol. The highest BCUT2D eigenvalue weighted by molar-refractivity contribution is 8.04. The first kappa shape index (κ1) is 23.0. The van der Waals surface area contributed by atoms with Crippen molar-refractivity contribution in [2.24, 2.45) is 22.7 Å². The second-order valence-electron chi connectivity index (χ2n) is 10.1. The summed E-state index contributed by atoms with van der Waals surface area (Å²) >= 11 is 1.29. The summed E-state index contributed by atoms with van der Waals surface area (Å²) in [4.78, 5) is 31.5. The second kappa shape index (κ2) is 8.66. The third kappa shape index (κ3) is 3.79. The Morgan fingerprint density at radius 2 is 2.03 bits per heavy atom. The highest BCUT2D eigenvalue weighted by Crippen LogP contribution is 2.63. The molecule has 2 saturated carbocycles. The van der Waals surface area contributed by atoms with Gasteiger partial charge in [-0.2, -0.15) is 0 Å². The molecule has 32 heavy (non-hydrogen) atoms. The summed E-state index contributed by atoms with van der Waals surface area (Å²) in [6.07, 6.45) is 9.24. The molecule has 0 spiro atoms. The van der Waals surface area contributed by atoms with Crippen LogP contribution in [0, 0.1) is 22.7 Å². The highest BCUT2D eigenvalue weighted by Gasteiger charge is 2.55. The van der Waals surface area contributed by atoms with Crippen molar-refractivity contribution >= 4 is 23.3 Å². The van der Waals surface area contributed by atoms with Gasteiger partial charge in [0.05, 0.1) is 12.0 Å². The van der Waals surface area contributed by atoms with Crippen LogP contribution in [0.25, 0.3) is 0 Å². The van der Waals surface area contributed by atoms with Gasteiger partial charge in [-0.05, 0) is 73.3 Å². The molecular formula is C27H33NO3S. The Balaban J connectivity index is 1.78. The summed E-state index contributed by atoms with van der Waals surface area (Å²) < 4.78 is 5.31. The van der Waals surface area contributed by atoms with E-state index in [9.17, 15) is 9.59 Å². The summed E-state index contributed by atoms with van der Waals surface area (Å²) in [5, 5.41) is 0.716. The van der Waals surface area contributed by atoms with Crippen LogP contribution in [0.1, 0.15) is 59.3 Å². The van der Waals surface area contributed by atoms with Crippen molar-refractivity contribution in [1.29, 1.82) is 0 Å². The number of rotatable bonds is 5. The van der Waals surface area contributed by atoms with Gasteiger partial charge in [-0.25, -0.2) is 4.98 Å². The van der Waals surface area contributed by atoms with E-state index >= 15 is 0 Å². The van der Waals surface area contributed by atoms with Crippen LogP contribution < -0.4 is 0 Å². The summed E-state index contributed by atoms with van der Waals surface area (Å²) in [6.45, 7) is 11.5. The fourth-order valence-corrected chi connectivity index (χ4v) is 7.15. The number of hydrogen-bond donors (Lipinski definition) is 0. The molecule has 0 aliphatic heterocycles. The maximum atomic E-state index is 13.5. The largest absolute Gasteiger partial charge is 0.493 e. The minimum absolute atomic E-state index is 0.0933. The quantitative estimate of drug-likeness (QED) is 0.388. The molecule has 1 aromatic heterocycles. The molecule has 4 nitrogen and oxygen atoms in total. The van der Waals surface area contributed by atoms with E-state index in [-0.39, 0.29) is 28.2 Å². The summed E-state index contributed by atoms with van der Waals surface area (Å²) in [7, 11) is 1.46. The number of carbonyl (C=O) groups is 2. The Bertz CT molecular complexity index is 1010. The molecule has 0 amide bonds. The Labute approximate surface area is 195 Å². The zero-order valence-electron chi connectivity index (χ0n) is 19.6. The number of methoxy groups -OCH3 is 1. The first-order chi connectivity index (χ1) is 15.2. The fourth-order valence-electron chi connectivity index (χ4n) is 6.23. The van der Waals surface area contributed by atoms with E-state index in [0.29, 0.717) is 33.8 Å². The number of pyridine rings is 1. The van der Waals surface area contributed by atoms with Crippen molar-refractivity contribution in [2.45, 2.75) is 64.3 Å². The lowest BCUT2D eigenvalue weighted by Gasteiger charge is -2.59. The maximum Gasteiger partial charge on any atom is 0.224 e. The lowest BCUT2D eigenvalue weighted by atomic mass is 9.46. The molecular weight excluding hydrogens is 418 g/mol. The molecule has 0 aromatic carbocycles. The number of fused-ring (bicyclic) bond motifs is 1. The standard InChI is InChI=1S/C27H33NO3S/c1-17-9-8-10-22-26(17,3)13-12-18(2)27(22,4)16-19-24(30)21(31-5)15-20(29)25(19)32-23-11-6-7-14-28-23/h6-7,11,14-15,18,22H,1,8-10,12-13,16H2,2-5H3/t18-,22+,26+,27+/m0/s1. The van der Waals surface area contributed by atoms with Crippen molar-refractivity contribution in [2.75, 3.05) is 7.11 Å². The van der Waals surface area contributed by atoms with Gasteiger partial charge in [-0.15, -0.1) is 0 Å². The number of Topliss-reactive ketones (excluding diaryl/α,β-unsaturated/α-hetero) is 1. The van der Waals surface area contributed by atoms with Crippen LogP contribution in [0.4, 0.5) is 0 Å². The molecule has 0 unspecified atom stereocenters. The number of carbonyl (C=O) groups excluding carboxylic acids is 2. The molecule has 3 aliphatic rings. The van der Waals surface area contributed by atoms with E-state index in [1.165, 1.54) is 30.5 Å². The summed E-state index contributed by atoms with van der Waals surface area (Å²) in [6, 6.07) is 5.61. The topological polar surface area (TPSA) is 56.3 Å². The van der Waals surface area contributed by atoms with E-state index in [1.54, 1.807) is 6.20 Å². The van der Waals surface area contributed by atoms with Gasteiger partial charge in [0.15, 0.2) is 11.5 Å². The number of nitrogens with zero attached hydrogens (tertiary/aromatic N) is 1. The van der Waals surface area contributed by atoms with Crippen LogP contribution in [-0.2, 0) is 14.3 Å². The zero-order valence-corrected chi connectivity index (χ0v) is 20.4. The van der Waals surface area contributed by atoms with Crippen molar-refractivity contribution in [3.05, 3.63) is 58.9 Å². The van der Waals surface area contributed by atoms with Crippen LogP contribution in [0.2, 0.25) is 0 Å². The average Bonchev–Trinajstić information content (AvgIpc) is 2.78. The molecule has 1 heterocycles. The van der Waals surface area contributed by atoms with E-state index in [1.807, 2.05) is 18.2 Å². The SMILES string of the molecule is C=C1CCC[C@H]2[C@](C)(CC3=C(Sc4ccccn4)C(=O)C=C(OC)C3=O)[C@@H](C)CC[C@]12C. The summed E-state index contributed by atoms with van der Waals surface area (Å²) in [5.41, 5.74) is 1.93. The fraction of sp³-hybridized carbons (Fsp3) is 0.519. The van der Waals surface area contributed by atoms with Crippen molar-refractivity contribution in [3.63, 3.8) is 0 Å². The summed E-state index contributed by atoms with van der Waals surface area (Å²) in [5.74, 6) is 0.683. The Morgan fingerprint density at radius 1 is 1.25 bits per heavy atom. The lowest BCUT2D eigenvalue weighted by Crippen LogP contribution is -2.50. The van der Waals surface area contributed by atoms with Crippen LogP contribution in [0.5, 0.6) is 0 Å². The van der Waals surface area contributed by atoms with E-state index in [2.05, 4.69) is 32.3 Å². The number of allylic oxidation sites excluding steroid dienone is 4. The molecule has 0 radical (unpaired) electrons. The van der Waals surface area contributed by atoms with Gasteiger partial charge in [-0.3, -0.25) is 9.59 Å². The molecule has 4 atom stereocenters. The van der Waals surface area contributed by atoms with Gasteiger partial charge < -0.3 is 4.74 Å². The van der Waals surface area contributed by atoms with E-state index < -0.39 is 0 Å². The van der Waals surface area contributed by atoms with Gasteiger partial charge in [0.1, 0.15) is 5.03 Å². The molecule has 170 valence electrons. The Hall–Kier alpha value is -2.14. The lowest BCUT2D eigenvalue weighted by molar-refractivity contribution is -0.119. The number of aromatic nitrogens is 1. The van der Waals surface area contributed by atoms with Gasteiger partial charge in [0.25, 0.3) is 0 Å². The van der Waals surface area contributed by atoms with Crippen LogP contribution >= 0.6 is 11.8 Å². The van der Waals surface area contributed by atoms with Crippen LogP contribution in [0.3, 0.4) is 0 Å². The van der Waals surface area contributed by atoms with Crippen LogP contribution in [0.15, 0.2) is 63.9 Å². The monoisotopic (exact) mass is 451 g/mol. The smallest absolute Gasteiger partial charge is 0.224 e. The highest BCUT2D eigenvalue weighted by atomic mass is 32.2. The molecule has 0 bridgehead atoms. The third-order valence-corrected chi connectivity index (χ3v) is 9.55. The first-order valence-corrected chi connectivity index (χ1v) is 12.4. The van der Waals surface area contributed by atoms with E-state index in [4.69, 9.17) is 4.74 Å². The van der Waals surface area contributed by atoms with Gasteiger partial charge in [0, 0.05) is 17.8 Å². The molecule has 1 aromatic rings. The number of ketones is 2. The third-order valence-electron chi connectivity index (χ3n) is 8.45. The van der Waals surface area contributed by atoms with Gasteiger partial charge in [-0.1, -0.05) is 50.8 Å². The Morgan fingerprint density at radius 3 is 2.72 bits per heavy atom. The molecule has 0 saturated heterocycles. The Kier molecular flexibility index (Phi) is 6.23. The molecule has 4 rings (SSSR count). The number of ether oxygens (including phenoxy) is 1. The molecule has 5 heteroatoms. The predicted molar refractivity (Wildman–Crippen MR) is 128 cm³/mol. The molecule has 2 fully saturated rings. The molecule has 3 aliphatic carbocycles.